The molecule has 1 fully saturated rings. The van der Waals surface area contributed by atoms with Crippen molar-refractivity contribution >= 4 is 40.3 Å². The summed E-state index contributed by atoms with van der Waals surface area (Å²) < 4.78 is 20.8. The number of benzene rings is 1. The maximum atomic E-state index is 12.7. The molecule has 0 bridgehead atoms. The predicted octanol–water partition coefficient (Wildman–Crippen LogP) is 2.11. The second kappa shape index (κ2) is 7.88. The van der Waals surface area contributed by atoms with Gasteiger partial charge in [-0.05, 0) is 45.4 Å². The molecule has 29 heavy (non-hydrogen) atoms. The molecule has 2 aliphatic heterocycles. The lowest BCUT2D eigenvalue weighted by Gasteiger charge is -2.49. The number of fused-ring (bicyclic) bond motifs is 1. The summed E-state index contributed by atoms with van der Waals surface area (Å²) in [5.74, 6) is -0.369. The molecule has 1 amide bonds. The average Bonchev–Trinajstić information content (AvgIpc) is 2.64. The van der Waals surface area contributed by atoms with Crippen LogP contribution in [-0.2, 0) is 25.3 Å². The highest BCUT2D eigenvalue weighted by Gasteiger charge is 2.54. The van der Waals surface area contributed by atoms with E-state index in [1.54, 1.807) is 27.7 Å². The first-order valence-corrected chi connectivity index (χ1v) is 11.0. The molecule has 0 radical (unpaired) electrons. The lowest BCUT2D eigenvalue weighted by Crippen LogP contribution is -2.70. The molecule has 1 N–H and O–H groups in total. The predicted molar refractivity (Wildman–Crippen MR) is 108 cm³/mol. The van der Waals surface area contributed by atoms with Crippen LogP contribution in [0.25, 0.3) is 0 Å². The standard InChI is InChI=1S/C18H21N3O6S2/c1-10-9-28-16-13(15(22)20(16)14(10)17(23)27-18(2,3)4)19-29(26)12-7-5-11(6-8-12)21(24)25/h5-8,13,16,19H,9H2,1-4H3/t13-,16-,29?/m1/s1. The normalized spacial score (nSPS) is 22.6. The maximum absolute atomic E-state index is 12.7. The Labute approximate surface area is 174 Å². The van der Waals surface area contributed by atoms with Crippen molar-refractivity contribution in [1.29, 1.82) is 0 Å². The van der Waals surface area contributed by atoms with E-state index in [9.17, 15) is 23.9 Å². The molecule has 0 aromatic heterocycles. The molecular weight excluding hydrogens is 418 g/mol. The van der Waals surface area contributed by atoms with Crippen LogP contribution in [0, 0.1) is 10.1 Å². The van der Waals surface area contributed by atoms with Gasteiger partial charge in [0, 0.05) is 17.9 Å². The molecule has 1 aromatic carbocycles. The molecule has 0 aliphatic carbocycles. The number of nitro groups is 1. The molecule has 1 saturated heterocycles. The van der Waals surface area contributed by atoms with Crippen LogP contribution in [0.1, 0.15) is 27.7 Å². The lowest BCUT2D eigenvalue weighted by molar-refractivity contribution is -0.384. The van der Waals surface area contributed by atoms with E-state index in [4.69, 9.17) is 4.74 Å². The average molecular weight is 440 g/mol. The Hall–Kier alpha value is -2.24. The van der Waals surface area contributed by atoms with Crippen LogP contribution in [-0.4, -0.2) is 48.7 Å². The summed E-state index contributed by atoms with van der Waals surface area (Å²) in [5, 5.41) is 10.4. The van der Waals surface area contributed by atoms with Gasteiger partial charge in [0.1, 0.15) is 33.7 Å². The molecule has 0 saturated carbocycles. The van der Waals surface area contributed by atoms with Crippen molar-refractivity contribution in [3.63, 3.8) is 0 Å². The fourth-order valence-corrected chi connectivity index (χ4v) is 5.30. The molecule has 11 heteroatoms. The summed E-state index contributed by atoms with van der Waals surface area (Å²) in [7, 11) is -1.73. The molecule has 1 aromatic rings. The van der Waals surface area contributed by atoms with E-state index in [1.807, 2.05) is 0 Å². The number of thioether (sulfide) groups is 1. The van der Waals surface area contributed by atoms with Gasteiger partial charge in [0.15, 0.2) is 0 Å². The third kappa shape index (κ3) is 4.36. The molecule has 9 nitrogen and oxygen atoms in total. The number of nitro benzene ring substituents is 1. The van der Waals surface area contributed by atoms with Crippen molar-refractivity contribution in [2.24, 2.45) is 0 Å². The number of rotatable bonds is 5. The number of carbonyl (C=O) groups excluding carboxylic acids is 2. The monoisotopic (exact) mass is 439 g/mol. The van der Waals surface area contributed by atoms with E-state index < -0.39 is 33.5 Å². The van der Waals surface area contributed by atoms with E-state index >= 15 is 0 Å². The molecule has 156 valence electrons. The van der Waals surface area contributed by atoms with Crippen molar-refractivity contribution in [3.05, 3.63) is 45.6 Å². The number of nitrogens with zero attached hydrogens (tertiary/aromatic N) is 2. The van der Waals surface area contributed by atoms with Gasteiger partial charge in [-0.1, -0.05) is 0 Å². The lowest BCUT2D eigenvalue weighted by atomic mass is 10.0. The molecule has 3 rings (SSSR count). The Morgan fingerprint density at radius 3 is 2.52 bits per heavy atom. The summed E-state index contributed by atoms with van der Waals surface area (Å²) in [6, 6.07) is 4.54. The molecule has 3 atom stereocenters. The summed E-state index contributed by atoms with van der Waals surface area (Å²) in [5.41, 5.74) is 0.201. The van der Waals surface area contributed by atoms with Crippen LogP contribution in [0.3, 0.4) is 0 Å². The fraction of sp³-hybridized carbons (Fsp3) is 0.444. The zero-order chi connectivity index (χ0) is 21.5. The van der Waals surface area contributed by atoms with Gasteiger partial charge >= 0.3 is 5.97 Å². The van der Waals surface area contributed by atoms with E-state index in [2.05, 4.69) is 4.72 Å². The molecule has 0 spiro atoms. The largest absolute Gasteiger partial charge is 0.455 e. The van der Waals surface area contributed by atoms with Gasteiger partial charge < -0.3 is 4.74 Å². The molecule has 1 unspecified atom stereocenters. The summed E-state index contributed by atoms with van der Waals surface area (Å²) >= 11 is 1.47. The van der Waals surface area contributed by atoms with Gasteiger partial charge in [0.05, 0.1) is 9.82 Å². The summed E-state index contributed by atoms with van der Waals surface area (Å²) in [4.78, 5) is 37.2. The quantitative estimate of drug-likeness (QED) is 0.323. The first-order chi connectivity index (χ1) is 13.5. The van der Waals surface area contributed by atoms with Gasteiger partial charge in [0.25, 0.3) is 5.69 Å². The number of amides is 1. The van der Waals surface area contributed by atoms with Crippen LogP contribution in [0.5, 0.6) is 0 Å². The number of hydrogen-bond acceptors (Lipinski definition) is 7. The van der Waals surface area contributed by atoms with Crippen molar-refractivity contribution in [2.45, 2.75) is 49.6 Å². The number of β-lactam (4-membered cyclic amide) rings is 1. The summed E-state index contributed by atoms with van der Waals surface area (Å²) in [6.07, 6.45) is 0. The Balaban J connectivity index is 1.72. The van der Waals surface area contributed by atoms with Crippen molar-refractivity contribution in [1.82, 2.24) is 9.62 Å². The third-order valence-electron chi connectivity index (χ3n) is 4.25. The van der Waals surface area contributed by atoms with E-state index in [-0.39, 0.29) is 22.7 Å². The number of esters is 1. The van der Waals surface area contributed by atoms with E-state index in [0.29, 0.717) is 10.6 Å². The third-order valence-corrected chi connectivity index (χ3v) is 6.84. The Morgan fingerprint density at radius 2 is 1.97 bits per heavy atom. The van der Waals surface area contributed by atoms with Crippen LogP contribution in [0.2, 0.25) is 0 Å². The first-order valence-electron chi connectivity index (χ1n) is 8.80. The van der Waals surface area contributed by atoms with E-state index in [1.165, 1.54) is 40.9 Å². The van der Waals surface area contributed by atoms with Crippen molar-refractivity contribution in [2.75, 3.05) is 5.75 Å². The fourth-order valence-electron chi connectivity index (χ4n) is 2.94. The number of ether oxygens (including phenoxy) is 1. The minimum atomic E-state index is -1.73. The van der Waals surface area contributed by atoms with E-state index in [0.717, 1.165) is 5.57 Å². The second-order valence-corrected chi connectivity index (χ2v) is 10.0. The minimum Gasteiger partial charge on any atom is -0.455 e. The SMILES string of the molecule is CC1=C(C(=O)OC(C)(C)C)N2C(=O)[C@@H](NS(=O)c3ccc([N+](=O)[O-])cc3)[C@H]2SC1. The van der Waals surface area contributed by atoms with Crippen molar-refractivity contribution < 1.29 is 23.5 Å². The zero-order valence-electron chi connectivity index (χ0n) is 16.3. The van der Waals surface area contributed by atoms with Gasteiger partial charge in [-0.2, -0.15) is 0 Å². The highest BCUT2D eigenvalue weighted by molar-refractivity contribution is 8.00. The van der Waals surface area contributed by atoms with Crippen LogP contribution < -0.4 is 4.72 Å². The highest BCUT2D eigenvalue weighted by Crippen LogP contribution is 2.41. The zero-order valence-corrected chi connectivity index (χ0v) is 18.0. The van der Waals surface area contributed by atoms with Gasteiger partial charge in [-0.3, -0.25) is 19.8 Å². The van der Waals surface area contributed by atoms with Gasteiger partial charge in [0.2, 0.25) is 5.91 Å². The van der Waals surface area contributed by atoms with Gasteiger partial charge in [-0.15, -0.1) is 11.8 Å². The smallest absolute Gasteiger partial charge is 0.355 e. The highest BCUT2D eigenvalue weighted by atomic mass is 32.2. The molecule has 2 heterocycles. The van der Waals surface area contributed by atoms with Crippen LogP contribution in [0.4, 0.5) is 5.69 Å². The second-order valence-electron chi connectivity index (χ2n) is 7.66. The molecule has 2 aliphatic rings. The van der Waals surface area contributed by atoms with Gasteiger partial charge in [-0.25, -0.2) is 13.7 Å². The number of hydrogen-bond donors (Lipinski definition) is 1. The Bertz CT molecular complexity index is 923. The van der Waals surface area contributed by atoms with Crippen LogP contribution >= 0.6 is 11.8 Å². The van der Waals surface area contributed by atoms with Crippen LogP contribution in [0.15, 0.2) is 40.4 Å². The van der Waals surface area contributed by atoms with Crippen molar-refractivity contribution in [3.8, 4) is 0 Å². The topological polar surface area (TPSA) is 119 Å². The number of carbonyl (C=O) groups is 2. The Kier molecular flexibility index (Phi) is 5.84. The first kappa shape index (κ1) is 21.5. The summed E-state index contributed by atoms with van der Waals surface area (Å²) in [6.45, 7) is 7.05. The number of non-ortho nitro benzene ring substituents is 1. The molecular formula is C18H21N3O6S2. The minimum absolute atomic E-state index is 0.109. The maximum Gasteiger partial charge on any atom is 0.355 e. The number of nitrogens with one attached hydrogen (secondary N) is 1. The Morgan fingerprint density at radius 1 is 1.34 bits per heavy atom.